The topological polar surface area (TPSA) is 76.8 Å². The van der Waals surface area contributed by atoms with Gasteiger partial charge in [0.2, 0.25) is 5.88 Å². The van der Waals surface area contributed by atoms with Crippen LogP contribution in [0.25, 0.3) is 42.6 Å². The molecule has 0 bridgehead atoms. The minimum absolute atomic E-state index is 0.432. The van der Waals surface area contributed by atoms with Gasteiger partial charge < -0.3 is 10.5 Å². The van der Waals surface area contributed by atoms with E-state index in [9.17, 15) is 0 Å². The van der Waals surface area contributed by atoms with Crippen molar-refractivity contribution >= 4 is 32.3 Å². The molecule has 5 nitrogen and oxygen atoms in total. The summed E-state index contributed by atoms with van der Waals surface area (Å²) in [5.74, 6) is 0.595. The normalized spacial score (nSPS) is 11.3. The number of pyridine rings is 1. The Labute approximate surface area is 165 Å². The predicted molar refractivity (Wildman–Crippen MR) is 115 cm³/mol. The molecule has 0 aliphatic carbocycles. The van der Waals surface area contributed by atoms with E-state index in [-0.39, 0.29) is 0 Å². The van der Waals surface area contributed by atoms with E-state index in [0.29, 0.717) is 19.0 Å². The van der Waals surface area contributed by atoms with Crippen molar-refractivity contribution in [2.75, 3.05) is 13.2 Å². The number of nitrogens with one attached hydrogen (secondary N) is 1. The fraction of sp³-hybridized carbons (Fsp3) is 0.0909. The maximum absolute atomic E-state index is 5.77. The number of aromatic nitrogens is 3. The van der Waals surface area contributed by atoms with E-state index in [2.05, 4.69) is 57.6 Å². The van der Waals surface area contributed by atoms with Crippen molar-refractivity contribution in [3.63, 3.8) is 0 Å². The zero-order valence-electron chi connectivity index (χ0n) is 15.1. The van der Waals surface area contributed by atoms with Crippen LogP contribution in [0.2, 0.25) is 0 Å². The van der Waals surface area contributed by atoms with Crippen LogP contribution in [0.4, 0.5) is 0 Å². The van der Waals surface area contributed by atoms with E-state index in [0.717, 1.165) is 27.6 Å². The molecule has 0 unspecified atom stereocenters. The SMILES string of the molecule is NCCOc1ncccc1-c1cc(-c2cc3ccccc3s2)c2[nH]ncc2c1. The Hall–Kier alpha value is -3.22. The molecule has 5 rings (SSSR count). The molecule has 0 saturated carbocycles. The molecule has 0 saturated heterocycles. The lowest BCUT2D eigenvalue weighted by Gasteiger charge is -2.11. The number of hydrogen-bond donors (Lipinski definition) is 2. The minimum Gasteiger partial charge on any atom is -0.476 e. The number of benzene rings is 2. The van der Waals surface area contributed by atoms with Crippen molar-refractivity contribution in [1.29, 1.82) is 0 Å². The van der Waals surface area contributed by atoms with Crippen molar-refractivity contribution in [2.45, 2.75) is 0 Å². The van der Waals surface area contributed by atoms with Crippen LogP contribution in [0.5, 0.6) is 5.88 Å². The molecule has 6 heteroatoms. The van der Waals surface area contributed by atoms with Crippen molar-refractivity contribution in [2.24, 2.45) is 5.73 Å². The van der Waals surface area contributed by atoms with E-state index in [4.69, 9.17) is 10.5 Å². The van der Waals surface area contributed by atoms with Gasteiger partial charge in [-0.15, -0.1) is 11.3 Å². The number of rotatable bonds is 5. The lowest BCUT2D eigenvalue weighted by atomic mass is 10.00. The summed E-state index contributed by atoms with van der Waals surface area (Å²) in [7, 11) is 0. The quantitative estimate of drug-likeness (QED) is 0.453. The molecule has 0 atom stereocenters. The van der Waals surface area contributed by atoms with E-state index in [1.54, 1.807) is 17.5 Å². The van der Waals surface area contributed by atoms with Crippen LogP contribution in [0, 0.1) is 0 Å². The largest absolute Gasteiger partial charge is 0.476 e. The second kappa shape index (κ2) is 7.07. The van der Waals surface area contributed by atoms with Crippen molar-refractivity contribution < 1.29 is 4.74 Å². The number of hydrogen-bond acceptors (Lipinski definition) is 5. The number of thiophene rings is 1. The summed E-state index contributed by atoms with van der Waals surface area (Å²) in [6, 6.07) is 18.9. The fourth-order valence-electron chi connectivity index (χ4n) is 3.40. The number of nitrogens with two attached hydrogens (primary N) is 1. The molecular weight excluding hydrogens is 368 g/mol. The summed E-state index contributed by atoms with van der Waals surface area (Å²) in [5, 5.41) is 9.71. The highest BCUT2D eigenvalue weighted by Crippen LogP contribution is 2.40. The molecule has 0 radical (unpaired) electrons. The smallest absolute Gasteiger partial charge is 0.221 e. The zero-order chi connectivity index (χ0) is 18.9. The molecule has 0 aliphatic rings. The average molecular weight is 386 g/mol. The number of fused-ring (bicyclic) bond motifs is 2. The Balaban J connectivity index is 1.70. The summed E-state index contributed by atoms with van der Waals surface area (Å²) in [5.41, 5.74) is 9.74. The fourth-order valence-corrected chi connectivity index (χ4v) is 4.49. The summed E-state index contributed by atoms with van der Waals surface area (Å²) in [6.45, 7) is 0.880. The van der Waals surface area contributed by atoms with Crippen LogP contribution in [0.15, 0.2) is 67.0 Å². The van der Waals surface area contributed by atoms with Gasteiger partial charge in [0.05, 0.1) is 11.7 Å². The van der Waals surface area contributed by atoms with E-state index in [1.807, 2.05) is 18.3 Å². The molecule has 2 aromatic carbocycles. The molecule has 5 aromatic rings. The monoisotopic (exact) mass is 386 g/mol. The van der Waals surface area contributed by atoms with Gasteiger partial charge in [-0.05, 0) is 47.3 Å². The summed E-state index contributed by atoms with van der Waals surface area (Å²) in [6.07, 6.45) is 3.59. The number of ether oxygens (including phenoxy) is 1. The maximum Gasteiger partial charge on any atom is 0.221 e. The molecule has 0 fully saturated rings. The summed E-state index contributed by atoms with van der Waals surface area (Å²) < 4.78 is 7.04. The van der Waals surface area contributed by atoms with Crippen molar-refractivity contribution in [1.82, 2.24) is 15.2 Å². The molecule has 28 heavy (non-hydrogen) atoms. The number of aromatic amines is 1. The molecule has 0 aliphatic heterocycles. The van der Waals surface area contributed by atoms with Crippen LogP contribution in [0.1, 0.15) is 0 Å². The van der Waals surface area contributed by atoms with E-state index < -0.39 is 0 Å². The Bertz CT molecular complexity index is 1240. The first kappa shape index (κ1) is 16.9. The van der Waals surface area contributed by atoms with Gasteiger partial charge in [-0.1, -0.05) is 18.2 Å². The lowest BCUT2D eigenvalue weighted by molar-refractivity contribution is 0.317. The number of nitrogens with zero attached hydrogens (tertiary/aromatic N) is 2. The third-order valence-electron chi connectivity index (χ3n) is 4.68. The highest BCUT2D eigenvalue weighted by Gasteiger charge is 2.15. The van der Waals surface area contributed by atoms with Gasteiger partial charge in [0.25, 0.3) is 0 Å². The van der Waals surface area contributed by atoms with Crippen LogP contribution in [-0.2, 0) is 0 Å². The predicted octanol–water partition coefficient (Wildman–Crippen LogP) is 4.84. The van der Waals surface area contributed by atoms with Crippen LogP contribution < -0.4 is 10.5 Å². The molecule has 3 N–H and O–H groups in total. The van der Waals surface area contributed by atoms with Gasteiger partial charge in [-0.2, -0.15) is 5.10 Å². The molecular formula is C22H18N4OS. The Morgan fingerprint density at radius 2 is 1.93 bits per heavy atom. The van der Waals surface area contributed by atoms with E-state index in [1.165, 1.54) is 15.0 Å². The summed E-state index contributed by atoms with van der Waals surface area (Å²) in [4.78, 5) is 5.60. The Morgan fingerprint density at radius 3 is 2.82 bits per heavy atom. The van der Waals surface area contributed by atoms with Gasteiger partial charge >= 0.3 is 0 Å². The average Bonchev–Trinajstić information content (AvgIpc) is 3.38. The van der Waals surface area contributed by atoms with Gasteiger partial charge in [-0.3, -0.25) is 5.10 Å². The molecule has 3 heterocycles. The highest BCUT2D eigenvalue weighted by molar-refractivity contribution is 7.22. The second-order valence-corrected chi connectivity index (χ2v) is 7.58. The zero-order valence-corrected chi connectivity index (χ0v) is 15.9. The minimum atomic E-state index is 0.432. The van der Waals surface area contributed by atoms with Crippen molar-refractivity contribution in [3.05, 3.63) is 67.0 Å². The third kappa shape index (κ3) is 2.93. The molecule has 138 valence electrons. The Kier molecular flexibility index (Phi) is 4.27. The van der Waals surface area contributed by atoms with Crippen molar-refractivity contribution in [3.8, 4) is 27.4 Å². The third-order valence-corrected chi connectivity index (χ3v) is 5.83. The van der Waals surface area contributed by atoms with Crippen LogP contribution in [-0.4, -0.2) is 28.3 Å². The molecule has 0 spiro atoms. The van der Waals surface area contributed by atoms with Gasteiger partial charge in [-0.25, -0.2) is 4.98 Å². The van der Waals surface area contributed by atoms with Gasteiger partial charge in [0.15, 0.2) is 0 Å². The highest BCUT2D eigenvalue weighted by atomic mass is 32.1. The Morgan fingerprint density at radius 1 is 1.00 bits per heavy atom. The standard InChI is InChI=1S/C22H18N4OS/c23-7-9-27-22-17(5-3-8-24-22)15-10-16-13-25-26-21(16)18(11-15)20-12-14-4-1-2-6-19(14)28-20/h1-6,8,10-13H,7,9,23H2,(H,25,26). The first-order chi connectivity index (χ1) is 13.8. The number of H-pyrrole nitrogens is 1. The van der Waals surface area contributed by atoms with Crippen LogP contribution in [0.3, 0.4) is 0 Å². The van der Waals surface area contributed by atoms with Gasteiger partial charge in [0, 0.05) is 38.8 Å². The van der Waals surface area contributed by atoms with Gasteiger partial charge in [0.1, 0.15) is 6.61 Å². The molecule has 0 amide bonds. The summed E-state index contributed by atoms with van der Waals surface area (Å²) >= 11 is 1.78. The molecule has 3 aromatic heterocycles. The second-order valence-electron chi connectivity index (χ2n) is 6.50. The first-order valence-corrected chi connectivity index (χ1v) is 9.89. The maximum atomic E-state index is 5.77. The van der Waals surface area contributed by atoms with Crippen LogP contribution >= 0.6 is 11.3 Å². The van der Waals surface area contributed by atoms with E-state index >= 15 is 0 Å². The first-order valence-electron chi connectivity index (χ1n) is 9.08. The lowest BCUT2D eigenvalue weighted by Crippen LogP contribution is -2.11.